The maximum atomic E-state index is 12.6. The van der Waals surface area contributed by atoms with Crippen LogP contribution in [-0.4, -0.2) is 53.5 Å². The van der Waals surface area contributed by atoms with Crippen molar-refractivity contribution in [2.75, 3.05) is 19.7 Å². The standard InChI is InChI=1S/C23H26N2O5/c26-21(12-7-13-30-19-10-5-2-6-11-19)24-15-22(27)25-16-18(14-20(25)23(28)29)17-8-3-1-4-9-17/h1-6,8-11,18,20H,7,12-16H2,(H,24,26)(H,28,29)/t18?,20-/m0/s1. The summed E-state index contributed by atoms with van der Waals surface area (Å²) in [5.74, 6) is -0.941. The second-order valence-corrected chi connectivity index (χ2v) is 7.29. The monoisotopic (exact) mass is 410 g/mol. The van der Waals surface area contributed by atoms with E-state index in [1.807, 2.05) is 60.7 Å². The summed E-state index contributed by atoms with van der Waals surface area (Å²) in [5.41, 5.74) is 1.02. The largest absolute Gasteiger partial charge is 0.494 e. The lowest BCUT2D eigenvalue weighted by molar-refractivity contribution is -0.148. The number of carboxylic acid groups (broad SMARTS) is 1. The fourth-order valence-corrected chi connectivity index (χ4v) is 3.62. The number of carbonyl (C=O) groups is 3. The number of likely N-dealkylation sites (tertiary alicyclic amines) is 1. The van der Waals surface area contributed by atoms with Crippen molar-refractivity contribution in [3.05, 3.63) is 66.2 Å². The van der Waals surface area contributed by atoms with Gasteiger partial charge in [0.15, 0.2) is 0 Å². The normalized spacial score (nSPS) is 18.1. The van der Waals surface area contributed by atoms with Gasteiger partial charge in [-0.1, -0.05) is 48.5 Å². The van der Waals surface area contributed by atoms with E-state index in [0.29, 0.717) is 26.0 Å². The molecule has 2 atom stereocenters. The third-order valence-electron chi connectivity index (χ3n) is 5.17. The number of carbonyl (C=O) groups excluding carboxylic acids is 2. The first-order valence-corrected chi connectivity index (χ1v) is 10.1. The molecule has 0 bridgehead atoms. The van der Waals surface area contributed by atoms with Crippen molar-refractivity contribution >= 4 is 17.8 Å². The summed E-state index contributed by atoms with van der Waals surface area (Å²) >= 11 is 0. The molecule has 1 aliphatic rings. The van der Waals surface area contributed by atoms with Gasteiger partial charge in [0.1, 0.15) is 11.8 Å². The first kappa shape index (κ1) is 21.4. The number of aliphatic carboxylic acids is 1. The summed E-state index contributed by atoms with van der Waals surface area (Å²) in [4.78, 5) is 37.6. The predicted molar refractivity (Wildman–Crippen MR) is 111 cm³/mol. The lowest BCUT2D eigenvalue weighted by Crippen LogP contribution is -2.45. The topological polar surface area (TPSA) is 95.9 Å². The molecule has 1 heterocycles. The number of nitrogens with zero attached hydrogens (tertiary/aromatic N) is 1. The van der Waals surface area contributed by atoms with Crippen molar-refractivity contribution in [1.82, 2.24) is 10.2 Å². The number of hydrogen-bond acceptors (Lipinski definition) is 4. The maximum Gasteiger partial charge on any atom is 0.326 e. The van der Waals surface area contributed by atoms with E-state index < -0.39 is 12.0 Å². The van der Waals surface area contributed by atoms with Gasteiger partial charge in [0.25, 0.3) is 0 Å². The molecule has 1 aliphatic heterocycles. The van der Waals surface area contributed by atoms with Gasteiger partial charge in [-0.3, -0.25) is 9.59 Å². The van der Waals surface area contributed by atoms with Crippen LogP contribution in [0.5, 0.6) is 5.75 Å². The fraction of sp³-hybridized carbons (Fsp3) is 0.348. The van der Waals surface area contributed by atoms with Crippen LogP contribution in [0.15, 0.2) is 60.7 Å². The Bertz CT molecular complexity index is 856. The van der Waals surface area contributed by atoms with Gasteiger partial charge in [-0.25, -0.2) is 4.79 Å². The van der Waals surface area contributed by atoms with Crippen molar-refractivity contribution in [3.63, 3.8) is 0 Å². The SMILES string of the molecule is O=C(CCCOc1ccccc1)NCC(=O)N1CC(c2ccccc2)C[C@H]1C(=O)O. The molecule has 0 spiro atoms. The molecular weight excluding hydrogens is 384 g/mol. The molecule has 0 radical (unpaired) electrons. The third kappa shape index (κ3) is 5.83. The zero-order valence-corrected chi connectivity index (χ0v) is 16.7. The Morgan fingerprint density at radius 1 is 1.03 bits per heavy atom. The minimum absolute atomic E-state index is 0.0258. The maximum absolute atomic E-state index is 12.6. The first-order valence-electron chi connectivity index (χ1n) is 10.1. The Kier molecular flexibility index (Phi) is 7.43. The smallest absolute Gasteiger partial charge is 0.326 e. The highest BCUT2D eigenvalue weighted by Gasteiger charge is 2.39. The second-order valence-electron chi connectivity index (χ2n) is 7.29. The molecule has 7 heteroatoms. The number of rotatable bonds is 9. The average molecular weight is 410 g/mol. The minimum atomic E-state index is -1.02. The highest BCUT2D eigenvalue weighted by atomic mass is 16.5. The number of benzene rings is 2. The summed E-state index contributed by atoms with van der Waals surface area (Å²) in [6.45, 7) is 0.529. The van der Waals surface area contributed by atoms with Crippen LogP contribution in [0, 0.1) is 0 Å². The van der Waals surface area contributed by atoms with E-state index in [9.17, 15) is 19.5 Å². The molecule has 1 unspecified atom stereocenters. The Labute approximate surface area is 175 Å². The molecular formula is C23H26N2O5. The first-order chi connectivity index (χ1) is 14.5. The highest BCUT2D eigenvalue weighted by molar-refractivity contribution is 5.88. The van der Waals surface area contributed by atoms with Crippen molar-refractivity contribution < 1.29 is 24.2 Å². The second kappa shape index (κ2) is 10.4. The van der Waals surface area contributed by atoms with Gasteiger partial charge in [-0.05, 0) is 30.5 Å². The van der Waals surface area contributed by atoms with Crippen LogP contribution in [0.3, 0.4) is 0 Å². The van der Waals surface area contributed by atoms with Gasteiger partial charge in [0, 0.05) is 18.9 Å². The van der Waals surface area contributed by atoms with Gasteiger partial charge in [0.05, 0.1) is 13.2 Å². The summed E-state index contributed by atoms with van der Waals surface area (Å²) in [6, 6.07) is 18.0. The van der Waals surface area contributed by atoms with Crippen LogP contribution in [0.4, 0.5) is 0 Å². The number of ether oxygens (including phenoxy) is 1. The van der Waals surface area contributed by atoms with Crippen molar-refractivity contribution in [2.45, 2.75) is 31.2 Å². The number of hydrogen-bond donors (Lipinski definition) is 2. The number of nitrogens with one attached hydrogen (secondary N) is 1. The van der Waals surface area contributed by atoms with Crippen LogP contribution < -0.4 is 10.1 Å². The molecule has 7 nitrogen and oxygen atoms in total. The van der Waals surface area contributed by atoms with E-state index in [1.165, 1.54) is 4.90 Å². The average Bonchev–Trinajstić information content (AvgIpc) is 3.22. The Morgan fingerprint density at radius 3 is 2.37 bits per heavy atom. The molecule has 30 heavy (non-hydrogen) atoms. The molecule has 0 saturated carbocycles. The zero-order valence-electron chi connectivity index (χ0n) is 16.7. The third-order valence-corrected chi connectivity index (χ3v) is 5.17. The molecule has 2 amide bonds. The van der Waals surface area contributed by atoms with Gasteiger partial charge >= 0.3 is 5.97 Å². The quantitative estimate of drug-likeness (QED) is 0.619. The fourth-order valence-electron chi connectivity index (χ4n) is 3.62. The lowest BCUT2D eigenvalue weighted by Gasteiger charge is -2.21. The van der Waals surface area contributed by atoms with Crippen LogP contribution in [-0.2, 0) is 14.4 Å². The highest BCUT2D eigenvalue weighted by Crippen LogP contribution is 2.31. The van der Waals surface area contributed by atoms with E-state index in [2.05, 4.69) is 5.32 Å². The van der Waals surface area contributed by atoms with Crippen LogP contribution in [0.1, 0.15) is 30.7 Å². The van der Waals surface area contributed by atoms with Gasteiger partial charge < -0.3 is 20.1 Å². The number of para-hydroxylation sites is 1. The van der Waals surface area contributed by atoms with E-state index in [-0.39, 0.29) is 30.7 Å². The number of carboxylic acids is 1. The summed E-state index contributed by atoms with van der Waals surface area (Å²) in [6.07, 6.45) is 1.12. The lowest BCUT2D eigenvalue weighted by atomic mass is 9.96. The van der Waals surface area contributed by atoms with E-state index >= 15 is 0 Å². The van der Waals surface area contributed by atoms with Crippen molar-refractivity contribution in [3.8, 4) is 5.75 Å². The molecule has 2 aromatic carbocycles. The van der Waals surface area contributed by atoms with Crippen LogP contribution in [0.2, 0.25) is 0 Å². The molecule has 0 aliphatic carbocycles. The Balaban J connectivity index is 1.43. The van der Waals surface area contributed by atoms with Gasteiger partial charge in [0.2, 0.25) is 11.8 Å². The number of amides is 2. The van der Waals surface area contributed by atoms with Crippen LogP contribution >= 0.6 is 0 Å². The van der Waals surface area contributed by atoms with E-state index in [4.69, 9.17) is 4.74 Å². The van der Waals surface area contributed by atoms with Gasteiger partial charge in [-0.15, -0.1) is 0 Å². The molecule has 1 saturated heterocycles. The van der Waals surface area contributed by atoms with Crippen molar-refractivity contribution in [1.29, 1.82) is 0 Å². The summed E-state index contributed by atoms with van der Waals surface area (Å²) in [7, 11) is 0. The molecule has 158 valence electrons. The van der Waals surface area contributed by atoms with E-state index in [0.717, 1.165) is 11.3 Å². The summed E-state index contributed by atoms with van der Waals surface area (Å²) in [5, 5.41) is 12.1. The Hall–Kier alpha value is -3.35. The molecule has 0 aromatic heterocycles. The molecule has 1 fully saturated rings. The van der Waals surface area contributed by atoms with Crippen molar-refractivity contribution in [2.24, 2.45) is 0 Å². The van der Waals surface area contributed by atoms with Crippen LogP contribution in [0.25, 0.3) is 0 Å². The van der Waals surface area contributed by atoms with Gasteiger partial charge in [-0.2, -0.15) is 0 Å². The Morgan fingerprint density at radius 2 is 1.70 bits per heavy atom. The predicted octanol–water partition coefficient (Wildman–Crippen LogP) is 2.43. The summed E-state index contributed by atoms with van der Waals surface area (Å²) < 4.78 is 5.54. The molecule has 2 aromatic rings. The molecule has 2 N–H and O–H groups in total. The minimum Gasteiger partial charge on any atom is -0.494 e. The van der Waals surface area contributed by atoms with E-state index in [1.54, 1.807) is 0 Å². The zero-order chi connectivity index (χ0) is 21.3. The molecule has 3 rings (SSSR count).